The summed E-state index contributed by atoms with van der Waals surface area (Å²) in [5, 5.41) is 20.1. The van der Waals surface area contributed by atoms with Crippen molar-refractivity contribution in [2.45, 2.75) is 84.0 Å². The van der Waals surface area contributed by atoms with E-state index in [0.717, 1.165) is 37.7 Å². The molecule has 0 radical (unpaired) electrons. The molecule has 1 aliphatic rings. The highest BCUT2D eigenvalue weighted by Crippen LogP contribution is 2.30. The quantitative estimate of drug-likeness (QED) is 0.360. The number of likely N-dealkylation sites (N-methyl/N-ethyl adjacent to an activating group) is 1. The molecule has 0 spiro atoms. The fourth-order valence-electron chi connectivity index (χ4n) is 5.16. The topological polar surface area (TPSA) is 82.8 Å². The summed E-state index contributed by atoms with van der Waals surface area (Å²) in [7, 11) is 2.04. The number of esters is 1. The van der Waals surface area contributed by atoms with E-state index in [-0.39, 0.29) is 25.1 Å². The molecule has 2 aromatic carbocycles. The van der Waals surface area contributed by atoms with Crippen LogP contribution in [0.3, 0.4) is 0 Å². The average Bonchev–Trinajstić information content (AvgIpc) is 3.28. The van der Waals surface area contributed by atoms with E-state index in [4.69, 9.17) is 9.47 Å². The fraction of sp³-hybridized carbons (Fsp3) is 0.548. The molecule has 3 rings (SSSR count). The number of hydrogen-bond donors (Lipinski definition) is 1. The molecule has 0 fully saturated rings. The predicted octanol–water partition coefficient (Wildman–Crippen LogP) is 5.09. The molecule has 1 N–H and O–H groups in total. The summed E-state index contributed by atoms with van der Waals surface area (Å²) >= 11 is 0. The molecule has 3 atom stereocenters. The molecule has 0 saturated heterocycles. The third-order valence-corrected chi connectivity index (χ3v) is 7.30. The lowest BCUT2D eigenvalue weighted by Crippen LogP contribution is -2.39. The lowest BCUT2D eigenvalue weighted by molar-refractivity contribution is -0.148. The molecule has 37 heavy (non-hydrogen) atoms. The highest BCUT2D eigenvalue weighted by molar-refractivity contribution is 5.70. The van der Waals surface area contributed by atoms with Crippen LogP contribution in [0.25, 0.3) is 0 Å². The summed E-state index contributed by atoms with van der Waals surface area (Å²) in [4.78, 5) is 14.3. The number of aryl methyl sites for hydroxylation is 1. The maximum atomic E-state index is 12.1. The second-order valence-electron chi connectivity index (χ2n) is 10.6. The normalized spacial score (nSPS) is 15.6. The molecule has 0 aliphatic heterocycles. The summed E-state index contributed by atoms with van der Waals surface area (Å²) in [5.74, 6) is 0.851. The van der Waals surface area contributed by atoms with Gasteiger partial charge in [0.2, 0.25) is 0 Å². The second kappa shape index (κ2) is 14.2. The number of hydrogen-bond acceptors (Lipinski definition) is 6. The van der Waals surface area contributed by atoms with E-state index in [1.807, 2.05) is 20.0 Å². The number of aliphatic hydroxyl groups excluding tert-OH is 1. The molecule has 6 nitrogen and oxygen atoms in total. The van der Waals surface area contributed by atoms with Crippen LogP contribution in [0.15, 0.2) is 42.5 Å². The van der Waals surface area contributed by atoms with Crippen molar-refractivity contribution in [1.82, 2.24) is 4.90 Å². The van der Waals surface area contributed by atoms with Gasteiger partial charge < -0.3 is 19.5 Å². The van der Waals surface area contributed by atoms with Gasteiger partial charge in [-0.1, -0.05) is 43.7 Å². The van der Waals surface area contributed by atoms with Gasteiger partial charge in [0, 0.05) is 19.0 Å². The molecule has 2 aromatic rings. The molecule has 1 aliphatic carbocycles. The van der Waals surface area contributed by atoms with Crippen LogP contribution >= 0.6 is 0 Å². The van der Waals surface area contributed by atoms with Crippen molar-refractivity contribution in [3.8, 4) is 11.8 Å². The van der Waals surface area contributed by atoms with Crippen molar-refractivity contribution < 1.29 is 19.4 Å². The first kappa shape index (κ1) is 28.7. The molecule has 0 amide bonds. The highest BCUT2D eigenvalue weighted by atomic mass is 16.5. The number of nitrogens with zero attached hydrogens (tertiary/aromatic N) is 2. The monoisotopic (exact) mass is 506 g/mol. The van der Waals surface area contributed by atoms with E-state index in [1.54, 1.807) is 12.1 Å². The van der Waals surface area contributed by atoms with Gasteiger partial charge in [-0.25, -0.2) is 0 Å². The van der Waals surface area contributed by atoms with Gasteiger partial charge in [0.15, 0.2) is 0 Å². The van der Waals surface area contributed by atoms with Gasteiger partial charge in [-0.15, -0.1) is 0 Å². The Hall–Kier alpha value is -2.88. The zero-order chi connectivity index (χ0) is 26.8. The van der Waals surface area contributed by atoms with Crippen molar-refractivity contribution in [2.24, 2.45) is 5.92 Å². The van der Waals surface area contributed by atoms with Crippen LogP contribution in [-0.4, -0.2) is 54.4 Å². The Morgan fingerprint density at radius 2 is 1.89 bits per heavy atom. The molecule has 0 heterocycles. The van der Waals surface area contributed by atoms with Crippen LogP contribution in [0, 0.1) is 17.2 Å². The highest BCUT2D eigenvalue weighted by Gasteiger charge is 2.25. The van der Waals surface area contributed by atoms with Crippen molar-refractivity contribution in [2.75, 3.05) is 20.2 Å². The average molecular weight is 507 g/mol. The first-order valence-electron chi connectivity index (χ1n) is 13.6. The molecule has 200 valence electrons. The molecule has 2 unspecified atom stereocenters. The van der Waals surface area contributed by atoms with Crippen molar-refractivity contribution in [1.29, 1.82) is 5.26 Å². The molecular weight excluding hydrogens is 464 g/mol. The fourth-order valence-corrected chi connectivity index (χ4v) is 5.16. The maximum absolute atomic E-state index is 12.1. The smallest absolute Gasteiger partial charge is 0.306 e. The number of aliphatic hydroxyl groups is 1. The third-order valence-electron chi connectivity index (χ3n) is 7.30. The van der Waals surface area contributed by atoms with Gasteiger partial charge in [-0.05, 0) is 87.7 Å². The van der Waals surface area contributed by atoms with E-state index in [1.165, 1.54) is 11.1 Å². The van der Waals surface area contributed by atoms with Crippen molar-refractivity contribution >= 4 is 5.97 Å². The van der Waals surface area contributed by atoms with Crippen LogP contribution in [0.1, 0.15) is 68.7 Å². The van der Waals surface area contributed by atoms with E-state index in [2.05, 4.69) is 49.1 Å². The largest absolute Gasteiger partial charge is 0.489 e. The first-order valence-corrected chi connectivity index (χ1v) is 13.6. The zero-order valence-electron chi connectivity index (χ0n) is 22.8. The predicted molar refractivity (Wildman–Crippen MR) is 145 cm³/mol. The lowest BCUT2D eigenvalue weighted by Gasteiger charge is -2.29. The number of fused-ring (bicyclic) bond motifs is 1. The Kier molecular flexibility index (Phi) is 11.0. The SMILES string of the molecule is CCCC(C)OC(=O)CCc1ccc(C#N)c(OC[C@H](O)CN(C)C(C)CC2Cc3ccccc3C2)c1. The Balaban J connectivity index is 1.45. The van der Waals surface area contributed by atoms with Crippen LogP contribution < -0.4 is 4.74 Å². The summed E-state index contributed by atoms with van der Waals surface area (Å²) in [6.07, 6.45) is 5.19. The molecule has 0 saturated carbocycles. The zero-order valence-corrected chi connectivity index (χ0v) is 22.8. The Bertz CT molecular complexity index is 1040. The second-order valence-corrected chi connectivity index (χ2v) is 10.6. The van der Waals surface area contributed by atoms with Crippen molar-refractivity contribution in [3.05, 3.63) is 64.7 Å². The van der Waals surface area contributed by atoms with Gasteiger partial charge in [0.25, 0.3) is 0 Å². The number of benzene rings is 2. The first-order chi connectivity index (χ1) is 17.8. The Morgan fingerprint density at radius 1 is 1.19 bits per heavy atom. The number of rotatable bonds is 14. The lowest BCUT2D eigenvalue weighted by atomic mass is 9.97. The van der Waals surface area contributed by atoms with Crippen LogP contribution in [-0.2, 0) is 28.8 Å². The van der Waals surface area contributed by atoms with Crippen LogP contribution in [0.4, 0.5) is 0 Å². The molecular formula is C31H42N2O4. The van der Waals surface area contributed by atoms with E-state index >= 15 is 0 Å². The van der Waals surface area contributed by atoms with Crippen molar-refractivity contribution in [3.63, 3.8) is 0 Å². The molecule has 0 aromatic heterocycles. The number of nitriles is 1. The third kappa shape index (κ3) is 8.87. The van der Waals surface area contributed by atoms with E-state index in [9.17, 15) is 15.2 Å². The van der Waals surface area contributed by atoms with E-state index < -0.39 is 6.10 Å². The van der Waals surface area contributed by atoms with Gasteiger partial charge in [-0.3, -0.25) is 4.79 Å². The van der Waals surface area contributed by atoms with E-state index in [0.29, 0.717) is 36.2 Å². The minimum atomic E-state index is -0.682. The van der Waals surface area contributed by atoms with Gasteiger partial charge in [0.05, 0.1) is 11.7 Å². The van der Waals surface area contributed by atoms with Crippen LogP contribution in [0.2, 0.25) is 0 Å². The Labute approximate surface area is 222 Å². The summed E-state index contributed by atoms with van der Waals surface area (Å²) < 4.78 is 11.3. The summed E-state index contributed by atoms with van der Waals surface area (Å²) in [6.45, 7) is 6.77. The number of ether oxygens (including phenoxy) is 2. The van der Waals surface area contributed by atoms with Gasteiger partial charge >= 0.3 is 5.97 Å². The maximum Gasteiger partial charge on any atom is 0.306 e. The summed E-state index contributed by atoms with van der Waals surface area (Å²) in [5.41, 5.74) is 4.24. The van der Waals surface area contributed by atoms with Crippen LogP contribution in [0.5, 0.6) is 5.75 Å². The molecule has 6 heteroatoms. The molecule has 0 bridgehead atoms. The number of carbonyl (C=O) groups excluding carboxylic acids is 1. The van der Waals surface area contributed by atoms with Gasteiger partial charge in [-0.2, -0.15) is 5.26 Å². The summed E-state index contributed by atoms with van der Waals surface area (Å²) in [6, 6.07) is 16.5. The minimum Gasteiger partial charge on any atom is -0.489 e. The number of carbonyl (C=O) groups is 1. The van der Waals surface area contributed by atoms with Gasteiger partial charge in [0.1, 0.15) is 24.5 Å². The standard InChI is InChI=1S/C31H42N2O4/c1-5-8-23(3)37-31(35)14-12-24-11-13-28(19-32)30(18-24)36-21-29(34)20-33(4)22(2)15-25-16-26-9-6-7-10-27(26)17-25/h6-7,9-11,13,18,22-23,25,29,34H,5,8,12,14-17,20-21H2,1-4H3/t22?,23?,29-/m1/s1. The minimum absolute atomic E-state index is 0.0749. The Morgan fingerprint density at radius 3 is 2.54 bits per heavy atom.